The Hall–Kier alpha value is -3.08. The Kier molecular flexibility index (Phi) is 5.14. The molecule has 0 saturated carbocycles. The average Bonchev–Trinajstić information content (AvgIpc) is 3.05. The molecule has 3 aromatic rings. The molecule has 0 spiro atoms. The molecule has 1 aromatic heterocycles. The number of aromatic amines is 1. The van der Waals surface area contributed by atoms with Crippen LogP contribution in [0.3, 0.4) is 0 Å². The number of ether oxygens (including phenoxy) is 2. The second-order valence-electron chi connectivity index (χ2n) is 5.67. The number of para-hydroxylation sites is 1. The summed E-state index contributed by atoms with van der Waals surface area (Å²) in [6.45, 7) is 1.92. The minimum Gasteiger partial charge on any atom is -0.447 e. The Morgan fingerprint density at radius 3 is 2.52 bits per heavy atom. The van der Waals surface area contributed by atoms with Crippen molar-refractivity contribution in [1.29, 1.82) is 0 Å². The van der Waals surface area contributed by atoms with Crippen LogP contribution in [0.2, 0.25) is 0 Å². The van der Waals surface area contributed by atoms with E-state index in [0.29, 0.717) is 24.2 Å². The van der Waals surface area contributed by atoms with Crippen LogP contribution in [0, 0.1) is 0 Å². The highest BCUT2D eigenvalue weighted by molar-refractivity contribution is 5.93. The first-order valence-corrected chi connectivity index (χ1v) is 8.23. The molecule has 2 aromatic carbocycles. The first-order chi connectivity index (χ1) is 12.2. The first kappa shape index (κ1) is 16.8. The standard InChI is InChI=1S/C20H19NO4/c1-2-8-17(24-19(22)14-9-4-3-5-10-14)20(23)25-18-13-21-16-12-7-6-11-15(16)18/h3-7,9-13,17,21H,2,8H2,1H3. The summed E-state index contributed by atoms with van der Waals surface area (Å²) in [6.07, 6.45) is 1.78. The molecule has 5 heteroatoms. The number of esters is 2. The normalized spacial score (nSPS) is 11.9. The Labute approximate surface area is 145 Å². The van der Waals surface area contributed by atoms with E-state index in [9.17, 15) is 9.59 Å². The van der Waals surface area contributed by atoms with Crippen molar-refractivity contribution < 1.29 is 19.1 Å². The number of nitrogens with one attached hydrogen (secondary N) is 1. The van der Waals surface area contributed by atoms with Gasteiger partial charge in [0.05, 0.1) is 5.56 Å². The van der Waals surface area contributed by atoms with Crippen molar-refractivity contribution in [1.82, 2.24) is 4.98 Å². The minimum absolute atomic E-state index is 0.403. The molecule has 0 saturated heterocycles. The lowest BCUT2D eigenvalue weighted by Gasteiger charge is -2.16. The van der Waals surface area contributed by atoms with Crippen LogP contribution in [-0.2, 0) is 9.53 Å². The Balaban J connectivity index is 1.73. The first-order valence-electron chi connectivity index (χ1n) is 8.23. The number of hydrogen-bond donors (Lipinski definition) is 1. The van der Waals surface area contributed by atoms with Gasteiger partial charge < -0.3 is 14.5 Å². The number of benzene rings is 2. The van der Waals surface area contributed by atoms with Crippen molar-refractivity contribution in [2.45, 2.75) is 25.9 Å². The number of rotatable bonds is 6. The number of H-pyrrole nitrogens is 1. The van der Waals surface area contributed by atoms with E-state index in [1.807, 2.05) is 37.3 Å². The van der Waals surface area contributed by atoms with Gasteiger partial charge in [0.2, 0.25) is 0 Å². The highest BCUT2D eigenvalue weighted by Crippen LogP contribution is 2.25. The lowest BCUT2D eigenvalue weighted by molar-refractivity contribution is -0.144. The molecule has 1 unspecified atom stereocenters. The van der Waals surface area contributed by atoms with Gasteiger partial charge in [-0.1, -0.05) is 43.7 Å². The lowest BCUT2D eigenvalue weighted by atomic mass is 10.2. The van der Waals surface area contributed by atoms with Crippen LogP contribution in [0.5, 0.6) is 5.75 Å². The number of carbonyl (C=O) groups excluding carboxylic acids is 2. The van der Waals surface area contributed by atoms with E-state index < -0.39 is 18.0 Å². The highest BCUT2D eigenvalue weighted by atomic mass is 16.6. The molecule has 0 radical (unpaired) electrons. The van der Waals surface area contributed by atoms with Gasteiger partial charge >= 0.3 is 11.9 Å². The van der Waals surface area contributed by atoms with Gasteiger partial charge in [-0.25, -0.2) is 9.59 Å². The highest BCUT2D eigenvalue weighted by Gasteiger charge is 2.25. The molecule has 0 aliphatic rings. The predicted molar refractivity (Wildman–Crippen MR) is 94.5 cm³/mol. The van der Waals surface area contributed by atoms with Crippen LogP contribution in [0.4, 0.5) is 0 Å². The van der Waals surface area contributed by atoms with E-state index in [4.69, 9.17) is 9.47 Å². The summed E-state index contributed by atoms with van der Waals surface area (Å²) in [7, 11) is 0. The second-order valence-corrected chi connectivity index (χ2v) is 5.67. The van der Waals surface area contributed by atoms with Crippen molar-refractivity contribution in [2.24, 2.45) is 0 Å². The molecule has 1 heterocycles. The zero-order chi connectivity index (χ0) is 17.6. The number of aromatic nitrogens is 1. The molecule has 0 fully saturated rings. The van der Waals surface area contributed by atoms with Gasteiger partial charge in [-0.15, -0.1) is 0 Å². The van der Waals surface area contributed by atoms with Crippen molar-refractivity contribution in [3.8, 4) is 5.75 Å². The van der Waals surface area contributed by atoms with Crippen LogP contribution in [0.25, 0.3) is 10.9 Å². The van der Waals surface area contributed by atoms with Gasteiger partial charge in [0.15, 0.2) is 11.9 Å². The van der Waals surface area contributed by atoms with Gasteiger partial charge in [0.1, 0.15) is 0 Å². The molecule has 0 bridgehead atoms. The molecule has 128 valence electrons. The maximum Gasteiger partial charge on any atom is 0.352 e. The maximum absolute atomic E-state index is 12.5. The number of fused-ring (bicyclic) bond motifs is 1. The van der Waals surface area contributed by atoms with Crippen molar-refractivity contribution in [2.75, 3.05) is 0 Å². The molecule has 0 amide bonds. The topological polar surface area (TPSA) is 68.4 Å². The molecule has 1 atom stereocenters. The van der Waals surface area contributed by atoms with Crippen molar-refractivity contribution in [3.63, 3.8) is 0 Å². The lowest BCUT2D eigenvalue weighted by Crippen LogP contribution is -2.31. The fourth-order valence-corrected chi connectivity index (χ4v) is 2.56. The summed E-state index contributed by atoms with van der Waals surface area (Å²) in [4.78, 5) is 27.8. The molecule has 25 heavy (non-hydrogen) atoms. The van der Waals surface area contributed by atoms with Gasteiger partial charge in [-0.2, -0.15) is 0 Å². The minimum atomic E-state index is -0.939. The second kappa shape index (κ2) is 7.66. The monoisotopic (exact) mass is 337 g/mol. The Bertz CT molecular complexity index is 870. The SMILES string of the molecule is CCCC(OC(=O)c1ccccc1)C(=O)Oc1c[nH]c2ccccc12. The summed E-state index contributed by atoms with van der Waals surface area (Å²) in [5.74, 6) is -0.678. The summed E-state index contributed by atoms with van der Waals surface area (Å²) in [5, 5.41) is 0.806. The summed E-state index contributed by atoms with van der Waals surface area (Å²) in [5.41, 5.74) is 1.28. The third-order valence-corrected chi connectivity index (χ3v) is 3.83. The number of carbonyl (C=O) groups is 2. The van der Waals surface area contributed by atoms with Crippen LogP contribution in [0.1, 0.15) is 30.1 Å². The smallest absolute Gasteiger partial charge is 0.352 e. The van der Waals surface area contributed by atoms with E-state index in [-0.39, 0.29) is 0 Å². The molecular weight excluding hydrogens is 318 g/mol. The van der Waals surface area contributed by atoms with Crippen LogP contribution < -0.4 is 4.74 Å². The maximum atomic E-state index is 12.5. The van der Waals surface area contributed by atoms with Gasteiger partial charge in [-0.3, -0.25) is 0 Å². The zero-order valence-electron chi connectivity index (χ0n) is 13.9. The molecule has 3 rings (SSSR count). The van der Waals surface area contributed by atoms with Crippen LogP contribution in [0.15, 0.2) is 60.8 Å². The molecule has 0 aliphatic carbocycles. The quantitative estimate of drug-likeness (QED) is 0.688. The van der Waals surface area contributed by atoms with E-state index >= 15 is 0 Å². The van der Waals surface area contributed by atoms with E-state index in [1.54, 1.807) is 30.5 Å². The summed E-state index contributed by atoms with van der Waals surface area (Å²) in [6, 6.07) is 16.1. The van der Waals surface area contributed by atoms with E-state index in [1.165, 1.54) is 0 Å². The Morgan fingerprint density at radius 2 is 1.76 bits per heavy atom. The number of hydrogen-bond acceptors (Lipinski definition) is 4. The molecule has 5 nitrogen and oxygen atoms in total. The molecule has 1 N–H and O–H groups in total. The largest absolute Gasteiger partial charge is 0.447 e. The summed E-state index contributed by atoms with van der Waals surface area (Å²) < 4.78 is 10.8. The van der Waals surface area contributed by atoms with Crippen molar-refractivity contribution in [3.05, 3.63) is 66.4 Å². The Morgan fingerprint density at radius 1 is 1.04 bits per heavy atom. The van der Waals surface area contributed by atoms with Gasteiger partial charge in [0.25, 0.3) is 0 Å². The molecule has 0 aliphatic heterocycles. The van der Waals surface area contributed by atoms with Gasteiger partial charge in [0, 0.05) is 17.1 Å². The van der Waals surface area contributed by atoms with E-state index in [2.05, 4.69) is 4.98 Å². The zero-order valence-corrected chi connectivity index (χ0v) is 13.9. The van der Waals surface area contributed by atoms with Gasteiger partial charge in [-0.05, 0) is 30.7 Å². The van der Waals surface area contributed by atoms with Crippen LogP contribution >= 0.6 is 0 Å². The van der Waals surface area contributed by atoms with E-state index in [0.717, 1.165) is 10.9 Å². The van der Waals surface area contributed by atoms with Crippen molar-refractivity contribution >= 4 is 22.8 Å². The predicted octanol–water partition coefficient (Wildman–Crippen LogP) is 4.10. The van der Waals surface area contributed by atoms with Crippen LogP contribution in [-0.4, -0.2) is 23.0 Å². The third kappa shape index (κ3) is 3.88. The fraction of sp³-hybridized carbons (Fsp3) is 0.200. The third-order valence-electron chi connectivity index (χ3n) is 3.83. The average molecular weight is 337 g/mol. The fourth-order valence-electron chi connectivity index (χ4n) is 2.56. The summed E-state index contributed by atoms with van der Waals surface area (Å²) >= 11 is 0. The molecular formula is C20H19NO4.